The summed E-state index contributed by atoms with van der Waals surface area (Å²) >= 11 is 0. The maximum Gasteiger partial charge on any atom is 0.308 e. The van der Waals surface area contributed by atoms with Crippen molar-refractivity contribution in [2.75, 3.05) is 12.8 Å². The maximum atomic E-state index is 12.6. The number of methoxy groups -OCH3 is 1. The summed E-state index contributed by atoms with van der Waals surface area (Å²) in [4.78, 5) is 23.7. The molecule has 0 radical (unpaired) electrons. The molecule has 3 N–H and O–H groups in total. The third kappa shape index (κ3) is 4.66. The summed E-state index contributed by atoms with van der Waals surface area (Å²) in [5, 5.41) is 19.0. The van der Waals surface area contributed by atoms with Gasteiger partial charge in [-0.1, -0.05) is 19.1 Å². The van der Waals surface area contributed by atoms with Crippen LogP contribution in [0.2, 0.25) is 0 Å². The fourth-order valence-electron chi connectivity index (χ4n) is 2.69. The number of rotatable bonds is 7. The third-order valence-electron chi connectivity index (χ3n) is 3.98. The van der Waals surface area contributed by atoms with E-state index < -0.39 is 11.9 Å². The molecule has 2 aromatic heterocycles. The minimum atomic E-state index is -0.579. The molecule has 0 aliphatic rings. The van der Waals surface area contributed by atoms with Gasteiger partial charge in [-0.25, -0.2) is 10.1 Å². The first-order valence-corrected chi connectivity index (χ1v) is 9.05. The van der Waals surface area contributed by atoms with E-state index in [-0.39, 0.29) is 29.0 Å². The lowest BCUT2D eigenvalue weighted by Crippen LogP contribution is -2.21. The Labute approximate surface area is 176 Å². The number of ether oxygens (including phenoxy) is 2. The molecule has 3 rings (SSSR count). The molecular weight excluding hydrogens is 408 g/mol. The molecule has 1 amide bonds. The van der Waals surface area contributed by atoms with Crippen molar-refractivity contribution in [3.05, 3.63) is 35.2 Å². The van der Waals surface area contributed by atoms with Crippen LogP contribution >= 0.6 is 0 Å². The molecule has 13 heteroatoms. The number of hydrazone groups is 1. The zero-order valence-electron chi connectivity index (χ0n) is 17.2. The Morgan fingerprint density at radius 2 is 2.06 bits per heavy atom. The van der Waals surface area contributed by atoms with Crippen LogP contribution in [0.3, 0.4) is 0 Å². The lowest BCUT2D eigenvalue weighted by molar-refractivity contribution is -0.132. The van der Waals surface area contributed by atoms with Crippen LogP contribution < -0.4 is 20.6 Å². The van der Waals surface area contributed by atoms with Gasteiger partial charge in [0.05, 0.1) is 19.0 Å². The second-order valence-electron chi connectivity index (χ2n) is 6.57. The van der Waals surface area contributed by atoms with E-state index in [0.29, 0.717) is 17.0 Å². The summed E-state index contributed by atoms with van der Waals surface area (Å²) in [6, 6.07) is 4.80. The van der Waals surface area contributed by atoms with Gasteiger partial charge in [0.2, 0.25) is 11.6 Å². The highest BCUT2D eigenvalue weighted by molar-refractivity contribution is 5.94. The Hall–Kier alpha value is -4.29. The normalized spacial score (nSPS) is 11.1. The van der Waals surface area contributed by atoms with Gasteiger partial charge in [0.25, 0.3) is 5.91 Å². The van der Waals surface area contributed by atoms with Gasteiger partial charge >= 0.3 is 5.97 Å². The van der Waals surface area contributed by atoms with Crippen LogP contribution in [0.1, 0.15) is 48.4 Å². The Balaban J connectivity index is 1.78. The molecule has 2 heterocycles. The third-order valence-corrected chi connectivity index (χ3v) is 3.98. The number of nitrogen functional groups attached to an aromatic ring is 1. The van der Waals surface area contributed by atoms with Crippen molar-refractivity contribution in [3.63, 3.8) is 0 Å². The second-order valence-corrected chi connectivity index (χ2v) is 6.57. The minimum absolute atomic E-state index is 0.0166. The van der Waals surface area contributed by atoms with Crippen LogP contribution in [-0.2, 0) is 4.79 Å². The molecule has 0 atom stereocenters. The van der Waals surface area contributed by atoms with Gasteiger partial charge in [0.1, 0.15) is 0 Å². The Bertz CT molecular complexity index is 1130. The lowest BCUT2D eigenvalue weighted by Gasteiger charge is -2.08. The predicted octanol–water partition coefficient (Wildman–Crippen LogP) is 1.05. The fraction of sp³-hybridized carbons (Fsp3) is 0.278. The number of nitrogens with zero attached hydrogens (tertiary/aromatic N) is 6. The van der Waals surface area contributed by atoms with Gasteiger partial charge < -0.3 is 15.2 Å². The minimum Gasteiger partial charge on any atom is -0.493 e. The van der Waals surface area contributed by atoms with E-state index >= 15 is 0 Å². The highest BCUT2D eigenvalue weighted by atomic mass is 16.6. The number of aromatic nitrogens is 5. The molecule has 0 aliphatic heterocycles. The van der Waals surface area contributed by atoms with Gasteiger partial charge in [-0.3, -0.25) is 9.59 Å². The number of hydrogen-bond acceptors (Lipinski definition) is 11. The first-order chi connectivity index (χ1) is 14.8. The van der Waals surface area contributed by atoms with Crippen molar-refractivity contribution in [3.8, 4) is 17.3 Å². The molecule has 0 bridgehead atoms. The highest BCUT2D eigenvalue weighted by Crippen LogP contribution is 2.27. The molecule has 3 aromatic rings. The average Bonchev–Trinajstić information content (AvgIpc) is 3.34. The molecule has 31 heavy (non-hydrogen) atoms. The monoisotopic (exact) mass is 428 g/mol. The van der Waals surface area contributed by atoms with Crippen LogP contribution in [0.4, 0.5) is 5.82 Å². The molecule has 0 fully saturated rings. The Morgan fingerprint density at radius 3 is 2.68 bits per heavy atom. The molecule has 1 aromatic carbocycles. The van der Waals surface area contributed by atoms with E-state index in [9.17, 15) is 9.59 Å². The van der Waals surface area contributed by atoms with Gasteiger partial charge in [-0.05, 0) is 40.0 Å². The van der Waals surface area contributed by atoms with E-state index in [1.807, 2.05) is 13.8 Å². The number of anilines is 1. The number of nitrogens with one attached hydrogen (secondary N) is 1. The van der Waals surface area contributed by atoms with Gasteiger partial charge in [0, 0.05) is 6.92 Å². The summed E-state index contributed by atoms with van der Waals surface area (Å²) in [6.45, 7) is 5.01. The molecule has 13 nitrogen and oxygen atoms in total. The molecule has 0 unspecified atom stereocenters. The fourth-order valence-corrected chi connectivity index (χ4v) is 2.69. The zero-order chi connectivity index (χ0) is 22.5. The van der Waals surface area contributed by atoms with Crippen LogP contribution in [0.25, 0.3) is 5.82 Å². The topological polar surface area (TPSA) is 173 Å². The number of carbonyl (C=O) groups is 2. The number of hydrogen-bond donors (Lipinski definition) is 2. The number of amides is 1. The van der Waals surface area contributed by atoms with Crippen LogP contribution in [0.5, 0.6) is 11.5 Å². The van der Waals surface area contributed by atoms with Crippen molar-refractivity contribution in [2.24, 2.45) is 5.10 Å². The molecule has 0 saturated heterocycles. The first kappa shape index (κ1) is 21.4. The van der Waals surface area contributed by atoms with Crippen LogP contribution in [0.15, 0.2) is 27.9 Å². The van der Waals surface area contributed by atoms with Crippen molar-refractivity contribution in [1.82, 2.24) is 30.7 Å². The number of benzene rings is 1. The van der Waals surface area contributed by atoms with E-state index in [1.165, 1.54) is 24.9 Å². The summed E-state index contributed by atoms with van der Waals surface area (Å²) in [5.41, 5.74) is 9.23. The highest BCUT2D eigenvalue weighted by Gasteiger charge is 2.25. The molecule has 0 saturated carbocycles. The number of esters is 1. The Morgan fingerprint density at radius 1 is 1.29 bits per heavy atom. The quantitative estimate of drug-likeness (QED) is 0.240. The number of carbonyl (C=O) groups excluding carboxylic acids is 2. The summed E-state index contributed by atoms with van der Waals surface area (Å²) in [6.07, 6.45) is 1.40. The van der Waals surface area contributed by atoms with Gasteiger partial charge in [0.15, 0.2) is 17.2 Å². The first-order valence-electron chi connectivity index (χ1n) is 9.05. The van der Waals surface area contributed by atoms with Crippen LogP contribution in [-0.4, -0.2) is 50.5 Å². The summed E-state index contributed by atoms with van der Waals surface area (Å²) < 4.78 is 16.1. The van der Waals surface area contributed by atoms with Gasteiger partial charge in [-0.2, -0.15) is 9.78 Å². The maximum absolute atomic E-state index is 12.6. The lowest BCUT2D eigenvalue weighted by atomic mass is 10.1. The summed E-state index contributed by atoms with van der Waals surface area (Å²) in [7, 11) is 1.44. The zero-order valence-corrected chi connectivity index (χ0v) is 17.2. The number of nitrogens with two attached hydrogens (primary N) is 1. The average molecular weight is 428 g/mol. The van der Waals surface area contributed by atoms with E-state index in [1.54, 1.807) is 18.2 Å². The second kappa shape index (κ2) is 9.02. The SMILES string of the molecule is COc1cc(/C=N/NC(=O)c2nnn(-c3nonc3N)c2C(C)C)ccc1OC(C)=O. The van der Waals surface area contributed by atoms with E-state index in [4.69, 9.17) is 15.2 Å². The standard InChI is InChI=1S/C18H20N8O5/c1-9(2)15-14(21-25-26(15)17-16(19)23-31-24-17)18(28)22-20-8-11-5-6-12(30-10(3)27)13(7-11)29-4/h5-9H,1-4H3,(H2,19,23)(H,22,28)/b20-8+. The molecule has 162 valence electrons. The molecule has 0 aliphatic carbocycles. The van der Waals surface area contributed by atoms with Crippen molar-refractivity contribution >= 4 is 23.9 Å². The smallest absolute Gasteiger partial charge is 0.308 e. The molecule has 0 spiro atoms. The van der Waals surface area contributed by atoms with Crippen molar-refractivity contribution in [2.45, 2.75) is 26.7 Å². The van der Waals surface area contributed by atoms with E-state index in [2.05, 4.69) is 35.8 Å². The van der Waals surface area contributed by atoms with Crippen molar-refractivity contribution < 1.29 is 23.7 Å². The van der Waals surface area contributed by atoms with E-state index in [0.717, 1.165) is 0 Å². The van der Waals surface area contributed by atoms with Gasteiger partial charge in [-0.15, -0.1) is 5.10 Å². The largest absolute Gasteiger partial charge is 0.493 e. The van der Waals surface area contributed by atoms with Crippen molar-refractivity contribution in [1.29, 1.82) is 0 Å². The predicted molar refractivity (Wildman–Crippen MR) is 107 cm³/mol. The summed E-state index contributed by atoms with van der Waals surface area (Å²) in [5.74, 6) is -0.422. The molecular formula is C18H20N8O5. The Kier molecular flexibility index (Phi) is 6.23. The van der Waals surface area contributed by atoms with Crippen LogP contribution in [0, 0.1) is 0 Å².